The van der Waals surface area contributed by atoms with Crippen LogP contribution in [0.4, 0.5) is 13.2 Å². The highest BCUT2D eigenvalue weighted by Crippen LogP contribution is 2.21. The Balaban J connectivity index is 1.86. The molecule has 0 amide bonds. The number of halogens is 3. The molecule has 0 radical (unpaired) electrons. The van der Waals surface area contributed by atoms with Gasteiger partial charge >= 0.3 is 6.18 Å². The fraction of sp³-hybridized carbons (Fsp3) is 0.222. The van der Waals surface area contributed by atoms with Gasteiger partial charge < -0.3 is 0 Å². The first-order chi connectivity index (χ1) is 12.4. The molecule has 4 nitrogen and oxygen atoms in total. The van der Waals surface area contributed by atoms with Crippen LogP contribution < -0.4 is 5.56 Å². The predicted molar refractivity (Wildman–Crippen MR) is 93.7 cm³/mol. The fourth-order valence-corrected chi connectivity index (χ4v) is 3.68. The molecule has 2 aromatic carbocycles. The van der Waals surface area contributed by atoms with Crippen molar-refractivity contribution in [1.82, 2.24) is 8.86 Å². The summed E-state index contributed by atoms with van der Waals surface area (Å²) < 4.78 is 41.0. The number of hydrogen-bond acceptors (Lipinski definition) is 4. The average Bonchev–Trinajstić information content (AvgIpc) is 2.90. The zero-order chi connectivity index (χ0) is 18.7. The Morgan fingerprint density at radius 3 is 2.42 bits per heavy atom. The minimum atomic E-state index is -4.38. The van der Waals surface area contributed by atoms with E-state index in [9.17, 15) is 18.0 Å². The van der Waals surface area contributed by atoms with Crippen molar-refractivity contribution in [2.75, 3.05) is 6.54 Å². The first-order valence-electron chi connectivity index (χ1n) is 7.73. The van der Waals surface area contributed by atoms with Gasteiger partial charge in [0, 0.05) is 6.54 Å². The molecule has 0 aliphatic rings. The molecule has 0 unspecified atom stereocenters. The van der Waals surface area contributed by atoms with Gasteiger partial charge in [-0.25, -0.2) is 3.96 Å². The minimum Gasteiger partial charge on any atom is -0.272 e. The monoisotopic (exact) mass is 377 g/mol. The van der Waals surface area contributed by atoms with E-state index < -0.39 is 12.7 Å². The molecule has 3 aromatic rings. The molecule has 1 aromatic heterocycles. The van der Waals surface area contributed by atoms with Crippen LogP contribution in [0.25, 0.3) is 10.1 Å². The number of alkyl halides is 3. The molecule has 0 atom stereocenters. The lowest BCUT2D eigenvalue weighted by atomic mass is 10.1. The first kappa shape index (κ1) is 18.2. The predicted octanol–water partition coefficient (Wildman–Crippen LogP) is 3.96. The van der Waals surface area contributed by atoms with Crippen molar-refractivity contribution in [3.05, 3.63) is 70.0 Å². The Labute approximate surface area is 151 Å². The molecule has 0 fully saturated rings. The number of aromatic nitrogens is 1. The second-order valence-corrected chi connectivity index (χ2v) is 6.89. The minimum absolute atomic E-state index is 0.0197. The Hall–Kier alpha value is -2.63. The summed E-state index contributed by atoms with van der Waals surface area (Å²) in [5, 5.41) is 9.31. The van der Waals surface area contributed by atoms with Crippen LogP contribution in [0, 0.1) is 11.3 Å². The van der Waals surface area contributed by atoms with Gasteiger partial charge in [-0.05, 0) is 29.8 Å². The van der Waals surface area contributed by atoms with E-state index in [1.165, 1.54) is 3.96 Å². The van der Waals surface area contributed by atoms with Crippen LogP contribution in [0.1, 0.15) is 11.1 Å². The maximum atomic E-state index is 13.0. The molecule has 0 N–H and O–H groups in total. The van der Waals surface area contributed by atoms with Gasteiger partial charge in [0.05, 0.1) is 34.9 Å². The van der Waals surface area contributed by atoms with E-state index in [4.69, 9.17) is 5.26 Å². The van der Waals surface area contributed by atoms with Crippen molar-refractivity contribution in [2.24, 2.45) is 0 Å². The van der Waals surface area contributed by atoms with Crippen molar-refractivity contribution in [2.45, 2.75) is 19.4 Å². The zero-order valence-electron chi connectivity index (χ0n) is 13.5. The molecule has 3 rings (SSSR count). The molecule has 0 aliphatic carbocycles. The van der Waals surface area contributed by atoms with Crippen molar-refractivity contribution in [1.29, 1.82) is 5.26 Å². The van der Waals surface area contributed by atoms with Crippen LogP contribution in [0.5, 0.6) is 0 Å². The van der Waals surface area contributed by atoms with E-state index in [0.717, 1.165) is 21.1 Å². The van der Waals surface area contributed by atoms with Gasteiger partial charge in [-0.1, -0.05) is 35.8 Å². The molecule has 0 aliphatic heterocycles. The molecule has 1 heterocycles. The van der Waals surface area contributed by atoms with Crippen molar-refractivity contribution < 1.29 is 13.2 Å². The van der Waals surface area contributed by atoms with E-state index >= 15 is 0 Å². The van der Waals surface area contributed by atoms with E-state index in [1.807, 2.05) is 6.07 Å². The Bertz CT molecular complexity index is 999. The summed E-state index contributed by atoms with van der Waals surface area (Å²) in [6.45, 7) is -1.27. The third-order valence-electron chi connectivity index (χ3n) is 3.77. The van der Waals surface area contributed by atoms with Crippen LogP contribution in [0.15, 0.2) is 53.3 Å². The molecule has 8 heteroatoms. The SMILES string of the molecule is N#Cc1ccc(CN(Cn2sc3ccccc3c2=O)CC(F)(F)F)cc1. The van der Waals surface area contributed by atoms with Gasteiger partial charge in [-0.3, -0.25) is 9.69 Å². The average molecular weight is 377 g/mol. The van der Waals surface area contributed by atoms with Crippen LogP contribution >= 0.6 is 11.5 Å². The lowest BCUT2D eigenvalue weighted by Gasteiger charge is -2.23. The number of nitrogens with zero attached hydrogens (tertiary/aromatic N) is 3. The molecular formula is C18H14F3N3OS. The molecule has 26 heavy (non-hydrogen) atoms. The zero-order valence-corrected chi connectivity index (χ0v) is 14.3. The van der Waals surface area contributed by atoms with Gasteiger partial charge in [0.1, 0.15) is 0 Å². The van der Waals surface area contributed by atoms with Crippen LogP contribution in [-0.2, 0) is 13.2 Å². The standard InChI is InChI=1S/C18H14F3N3OS/c19-18(20,21)11-23(10-14-7-5-13(9-22)6-8-14)12-24-17(25)15-3-1-2-4-16(15)26-24/h1-8H,10-12H2. The number of benzene rings is 2. The van der Waals surface area contributed by atoms with Crippen LogP contribution in [0.3, 0.4) is 0 Å². The molecule has 0 saturated carbocycles. The Morgan fingerprint density at radius 1 is 1.12 bits per heavy atom. The summed E-state index contributed by atoms with van der Waals surface area (Å²) >= 11 is 1.15. The first-order valence-corrected chi connectivity index (χ1v) is 8.50. The second-order valence-electron chi connectivity index (χ2n) is 5.82. The highest BCUT2D eigenvalue weighted by molar-refractivity contribution is 7.13. The third-order valence-corrected chi connectivity index (χ3v) is 4.83. The normalized spacial score (nSPS) is 11.8. The quantitative estimate of drug-likeness (QED) is 0.676. The lowest BCUT2D eigenvalue weighted by molar-refractivity contribution is -0.150. The molecule has 0 bridgehead atoms. The highest BCUT2D eigenvalue weighted by atomic mass is 32.1. The number of hydrogen-bond donors (Lipinski definition) is 0. The summed E-state index contributed by atoms with van der Waals surface area (Å²) in [5.41, 5.74) is 0.789. The second kappa shape index (κ2) is 7.32. The molecular weight excluding hydrogens is 363 g/mol. The summed E-state index contributed by atoms with van der Waals surface area (Å²) in [4.78, 5) is 13.6. The summed E-state index contributed by atoms with van der Waals surface area (Å²) in [7, 11) is 0. The number of nitriles is 1. The fourth-order valence-electron chi connectivity index (χ4n) is 2.64. The Morgan fingerprint density at radius 2 is 1.81 bits per heavy atom. The van der Waals surface area contributed by atoms with Crippen LogP contribution in [0.2, 0.25) is 0 Å². The maximum Gasteiger partial charge on any atom is 0.401 e. The lowest BCUT2D eigenvalue weighted by Crippen LogP contribution is -2.36. The molecule has 0 spiro atoms. The van der Waals surface area contributed by atoms with E-state index in [-0.39, 0.29) is 18.8 Å². The Kier molecular flexibility index (Phi) is 5.11. The summed E-state index contributed by atoms with van der Waals surface area (Å²) in [5.74, 6) is 0. The highest BCUT2D eigenvalue weighted by Gasteiger charge is 2.31. The summed E-state index contributed by atoms with van der Waals surface area (Å²) in [6.07, 6.45) is -4.38. The van der Waals surface area contributed by atoms with Gasteiger partial charge in [0.15, 0.2) is 0 Å². The van der Waals surface area contributed by atoms with Crippen molar-refractivity contribution in [3.63, 3.8) is 0 Å². The largest absolute Gasteiger partial charge is 0.401 e. The molecule has 0 saturated heterocycles. The van der Waals surface area contributed by atoms with E-state index in [2.05, 4.69) is 0 Å². The number of fused-ring (bicyclic) bond motifs is 1. The van der Waals surface area contributed by atoms with Gasteiger partial charge in [0.25, 0.3) is 5.56 Å². The molecule has 134 valence electrons. The number of rotatable bonds is 5. The smallest absolute Gasteiger partial charge is 0.272 e. The van der Waals surface area contributed by atoms with Crippen LogP contribution in [-0.4, -0.2) is 21.6 Å². The summed E-state index contributed by atoms with van der Waals surface area (Å²) in [6, 6.07) is 15.3. The van der Waals surface area contributed by atoms with Gasteiger partial charge in [-0.2, -0.15) is 18.4 Å². The van der Waals surface area contributed by atoms with E-state index in [0.29, 0.717) is 16.5 Å². The van der Waals surface area contributed by atoms with Crippen molar-refractivity contribution in [3.8, 4) is 6.07 Å². The third kappa shape index (κ3) is 4.31. The van der Waals surface area contributed by atoms with Gasteiger partial charge in [-0.15, -0.1) is 0 Å². The van der Waals surface area contributed by atoms with E-state index in [1.54, 1.807) is 48.5 Å². The topological polar surface area (TPSA) is 49.0 Å². The maximum absolute atomic E-state index is 13.0. The van der Waals surface area contributed by atoms with Crippen molar-refractivity contribution >= 4 is 21.6 Å². The van der Waals surface area contributed by atoms with Gasteiger partial charge in [0.2, 0.25) is 0 Å².